The molecule has 16 rings (SSSR count). The lowest BCUT2D eigenvalue weighted by atomic mass is 9.75. The smallest absolute Gasteiger partial charge is 0.278 e. The molecular weight excluding hydrogens is 1450 g/mol. The zero-order valence-corrected chi connectivity index (χ0v) is 67.2. The minimum atomic E-state index is -1.14. The number of nitrogens with zero attached hydrogens (tertiary/aromatic N) is 16. The molecule has 0 unspecified atom stereocenters. The molecule has 27 heteroatoms. The second-order valence-electron chi connectivity index (χ2n) is 32.3. The minimum absolute atomic E-state index is 0.136. The van der Waals surface area contributed by atoms with Crippen LogP contribution in [0.3, 0.4) is 0 Å². The summed E-state index contributed by atoms with van der Waals surface area (Å²) in [5.74, 6) is 4.54. The topological polar surface area (TPSA) is 310 Å². The van der Waals surface area contributed by atoms with Crippen molar-refractivity contribution in [3.05, 3.63) is 249 Å². The van der Waals surface area contributed by atoms with Crippen LogP contribution in [0.15, 0.2) is 198 Å². The Labute approximate surface area is 669 Å². The van der Waals surface area contributed by atoms with Crippen LogP contribution in [-0.2, 0) is 41.1 Å². The summed E-state index contributed by atoms with van der Waals surface area (Å²) >= 11 is 0. The molecule has 115 heavy (non-hydrogen) atoms. The van der Waals surface area contributed by atoms with E-state index < -0.39 is 11.2 Å². The Morgan fingerprint density at radius 2 is 0.878 bits per heavy atom. The lowest BCUT2D eigenvalue weighted by Gasteiger charge is -2.40. The molecule has 0 spiro atoms. The first-order valence-corrected chi connectivity index (χ1v) is 39.8. The van der Waals surface area contributed by atoms with E-state index in [9.17, 15) is 24.6 Å². The number of aromatic nitrogens is 15. The monoisotopic (exact) mass is 1550 g/mol. The molecule has 0 saturated heterocycles. The predicted octanol–water partition coefficient (Wildman–Crippen LogP) is 13.8. The Bertz CT molecular complexity index is 5640. The zero-order chi connectivity index (χ0) is 80.9. The maximum absolute atomic E-state index is 13.3. The van der Waals surface area contributed by atoms with E-state index in [4.69, 9.17) is 29.8 Å². The number of anilines is 6. The van der Waals surface area contributed by atoms with E-state index in [0.717, 1.165) is 54.9 Å². The first-order valence-electron chi connectivity index (χ1n) is 39.8. The van der Waals surface area contributed by atoms with Gasteiger partial charge in [0.15, 0.2) is 34.4 Å². The van der Waals surface area contributed by atoms with Crippen molar-refractivity contribution in [3.8, 4) is 17.5 Å². The Morgan fingerprint density at radius 1 is 0.504 bits per heavy atom. The molecule has 12 aromatic rings. The molecule has 3 aromatic carbocycles. The molecule has 4 saturated carbocycles. The number of nitrogens with one attached hydrogen (secondary N) is 5. The van der Waals surface area contributed by atoms with E-state index in [1.807, 2.05) is 55.6 Å². The van der Waals surface area contributed by atoms with E-state index in [1.54, 1.807) is 93.2 Å². The second-order valence-corrected chi connectivity index (χ2v) is 32.3. The van der Waals surface area contributed by atoms with Gasteiger partial charge in [0.2, 0.25) is 17.8 Å². The molecule has 4 fully saturated rings. The van der Waals surface area contributed by atoms with Crippen molar-refractivity contribution in [2.75, 3.05) is 44.2 Å². The van der Waals surface area contributed by atoms with E-state index in [0.29, 0.717) is 135 Å². The van der Waals surface area contributed by atoms with Crippen LogP contribution in [-0.4, -0.2) is 134 Å². The highest BCUT2D eigenvalue weighted by Crippen LogP contribution is 2.42. The van der Waals surface area contributed by atoms with E-state index in [2.05, 4.69) is 167 Å². The highest BCUT2D eigenvalue weighted by atomic mass is 16.6. The molecule has 4 aliphatic rings. The van der Waals surface area contributed by atoms with Gasteiger partial charge in [-0.05, 0) is 226 Å². The van der Waals surface area contributed by atoms with Crippen molar-refractivity contribution in [1.29, 1.82) is 0 Å². The number of rotatable bonds is 24. The summed E-state index contributed by atoms with van der Waals surface area (Å²) in [7, 11) is 8.01. The molecule has 0 aliphatic heterocycles. The maximum atomic E-state index is 13.3. The quantitative estimate of drug-likeness (QED) is 0.0218. The summed E-state index contributed by atoms with van der Waals surface area (Å²) in [5, 5.41) is 35.8. The molecule has 598 valence electrons. The molecule has 9 heterocycles. The van der Waals surface area contributed by atoms with Gasteiger partial charge >= 0.3 is 0 Å². The Kier molecular flexibility index (Phi) is 23.9. The number of aliphatic hydroxyl groups is 2. The highest BCUT2D eigenvalue weighted by Gasteiger charge is 2.38. The number of benzene rings is 3. The van der Waals surface area contributed by atoms with Gasteiger partial charge in [0, 0.05) is 64.9 Å². The summed E-state index contributed by atoms with van der Waals surface area (Å²) in [4.78, 5) is 88.9. The number of hydroxylamine groups is 1. The molecule has 27 nitrogen and oxygen atoms in total. The van der Waals surface area contributed by atoms with Gasteiger partial charge in [0.25, 0.3) is 16.7 Å². The van der Waals surface area contributed by atoms with Crippen LogP contribution < -0.4 is 43.4 Å². The average molecular weight is 1550 g/mol. The minimum Gasteiger partial charge on any atom is -0.384 e. The van der Waals surface area contributed by atoms with E-state index in [-0.39, 0.29) is 35.2 Å². The van der Waals surface area contributed by atoms with Crippen LogP contribution in [0.1, 0.15) is 170 Å². The molecule has 0 bridgehead atoms. The van der Waals surface area contributed by atoms with Gasteiger partial charge in [-0.3, -0.25) is 14.4 Å². The van der Waals surface area contributed by atoms with Crippen LogP contribution in [0.5, 0.6) is 0 Å². The van der Waals surface area contributed by atoms with Gasteiger partial charge in [-0.25, -0.2) is 58.0 Å². The molecule has 7 N–H and O–H groups in total. The number of fused-ring (bicyclic) bond motifs is 3. The zero-order valence-electron chi connectivity index (χ0n) is 67.2. The molecular formula is C88H105N21O6. The summed E-state index contributed by atoms with van der Waals surface area (Å²) in [6.45, 7) is 22.0. The first-order chi connectivity index (χ1) is 55.4. The second kappa shape index (κ2) is 34.3. The molecule has 4 aliphatic carbocycles. The van der Waals surface area contributed by atoms with Gasteiger partial charge in [-0.15, -0.1) is 19.7 Å². The molecule has 0 radical (unpaired) electrons. The van der Waals surface area contributed by atoms with E-state index >= 15 is 0 Å². The lowest BCUT2D eigenvalue weighted by Crippen LogP contribution is -2.39. The number of pyridine rings is 3. The van der Waals surface area contributed by atoms with Crippen molar-refractivity contribution in [1.82, 2.24) is 88.6 Å². The van der Waals surface area contributed by atoms with Gasteiger partial charge in [0.05, 0.1) is 38.1 Å². The standard InChI is InChI=1S/C30H35N7O2.C29H35N7O3.C29H35N7O/c1-3-18-36-28(38)24-19-32-29(33-23-14-10-21(11-15-23)20-8-12-22(31-2)13-9-20)35-27(24)37(36)26-7-4-6-25(34-26)30(39)16-5-17-30;1-5-17-35-27(37)23-18-30-28(33-26(23)36(35)25-8-6-7-24(32-25)29(2,3)38)31-21-13-9-19(10-14-21)20-11-15-22(16-12-20)34-39-4;1-7-15-35-27(37)23-18-30-28(31-21-13-11-19(12-14-21)20-16-22(17-20)34(5)6)33-26(23)36(35)25-10-8-9-24(32-25)29(2,3)4/h3-4,6-7,10-11,14-15,19-20,22,31,39H,1,5,8-9,12-13,16-18H2,2H3,(H,32,33,35);5-10,13-14,18,20,22,34,38H,1,11-12,15-17H2,2-4H3,(H,30,31,33);7-14,18,20,22H,1,15-17H2,2-6H3,(H,30,31,33). The third kappa shape index (κ3) is 17.5. The Morgan fingerprint density at radius 3 is 1.23 bits per heavy atom. The number of hydrogen-bond donors (Lipinski definition) is 7. The fourth-order valence-electron chi connectivity index (χ4n) is 15.8. The third-order valence-corrected chi connectivity index (χ3v) is 22.7. The Balaban J connectivity index is 0.000000143. The van der Waals surface area contributed by atoms with Crippen molar-refractivity contribution < 1.29 is 15.1 Å². The summed E-state index contributed by atoms with van der Waals surface area (Å²) in [6, 6.07) is 43.8. The molecule has 0 amide bonds. The van der Waals surface area contributed by atoms with Crippen LogP contribution >= 0.6 is 0 Å². The first kappa shape index (κ1) is 80.2. The van der Waals surface area contributed by atoms with Gasteiger partial charge in [0.1, 0.15) is 27.4 Å². The lowest BCUT2D eigenvalue weighted by molar-refractivity contribution is -0.0426. The van der Waals surface area contributed by atoms with Gasteiger partial charge < -0.3 is 41.2 Å². The maximum Gasteiger partial charge on any atom is 0.278 e. The molecule has 9 aromatic heterocycles. The van der Waals surface area contributed by atoms with Crippen molar-refractivity contribution in [3.63, 3.8) is 0 Å². The van der Waals surface area contributed by atoms with Crippen molar-refractivity contribution in [2.24, 2.45) is 0 Å². The number of allylic oxidation sites excluding steroid dienone is 3. The molecule has 0 atom stereocenters. The van der Waals surface area contributed by atoms with Crippen LogP contribution in [0, 0.1) is 0 Å². The summed E-state index contributed by atoms with van der Waals surface area (Å²) < 4.78 is 9.77. The number of hydrogen-bond acceptors (Lipinski definition) is 21. The van der Waals surface area contributed by atoms with Crippen LogP contribution in [0.25, 0.3) is 50.6 Å². The Hall–Kier alpha value is -11.5. The van der Waals surface area contributed by atoms with Crippen molar-refractivity contribution >= 4 is 68.0 Å². The van der Waals surface area contributed by atoms with Gasteiger partial charge in [-0.2, -0.15) is 20.4 Å². The fraction of sp³-hybridized carbons (Fsp3) is 0.386. The predicted molar refractivity (Wildman–Crippen MR) is 453 cm³/mol. The van der Waals surface area contributed by atoms with Crippen LogP contribution in [0.4, 0.5) is 34.9 Å². The van der Waals surface area contributed by atoms with Crippen molar-refractivity contribution in [2.45, 2.75) is 190 Å². The summed E-state index contributed by atoms with van der Waals surface area (Å²) in [5.41, 5.74) is 10.3. The van der Waals surface area contributed by atoms with E-state index in [1.165, 1.54) is 66.1 Å². The normalized spacial score (nSPS) is 18.7. The SMILES string of the molecule is C=CCn1c(=O)c2cnc(Nc3ccc(C4CC(N(C)C)C4)cc3)nc2n1-c1cccc(C(C)(C)C)n1.C=CCn1c(=O)c2cnc(Nc3ccc(C4CCC(NC)CC4)cc3)nc2n1-c1cccc(C2(O)CCC2)n1.C=CCn1c(=O)c2cnc(Nc3ccc(C4CCC(NOC)CC4)cc3)nc2n1-c1cccc(C(C)(C)O)n1. The fourth-order valence-corrected chi connectivity index (χ4v) is 15.8. The summed E-state index contributed by atoms with van der Waals surface area (Å²) in [6.07, 6.45) is 23.6. The highest BCUT2D eigenvalue weighted by molar-refractivity contribution is 5.79. The van der Waals surface area contributed by atoms with Gasteiger partial charge in [-0.1, -0.05) is 93.6 Å². The van der Waals surface area contributed by atoms with Crippen LogP contribution in [0.2, 0.25) is 0 Å². The largest absolute Gasteiger partial charge is 0.384 e. The average Bonchev–Trinajstić information content (AvgIpc) is 1.60. The third-order valence-electron chi connectivity index (χ3n) is 22.7.